The first-order valence-corrected chi connectivity index (χ1v) is 10.7. The zero-order valence-electron chi connectivity index (χ0n) is 17.5. The van der Waals surface area contributed by atoms with Gasteiger partial charge in [0.2, 0.25) is 5.82 Å². The maximum absolute atomic E-state index is 13.8. The number of hydrogen-bond donors (Lipinski definition) is 1. The molecular formula is C25H20ClFN2O4. The van der Waals surface area contributed by atoms with E-state index in [-0.39, 0.29) is 17.5 Å². The van der Waals surface area contributed by atoms with Crippen LogP contribution in [0.1, 0.15) is 29.0 Å². The number of ether oxygens (including phenoxy) is 1. The van der Waals surface area contributed by atoms with Crippen molar-refractivity contribution in [3.8, 4) is 11.1 Å². The van der Waals surface area contributed by atoms with Gasteiger partial charge in [0, 0.05) is 18.5 Å². The Hall–Kier alpha value is -3.71. The summed E-state index contributed by atoms with van der Waals surface area (Å²) in [5.74, 6) is -0.969. The first kappa shape index (κ1) is 22.5. The van der Waals surface area contributed by atoms with E-state index in [4.69, 9.17) is 16.3 Å². The molecule has 0 bridgehead atoms. The summed E-state index contributed by atoms with van der Waals surface area (Å²) in [6, 6.07) is 18.2. The van der Waals surface area contributed by atoms with Gasteiger partial charge >= 0.3 is 11.8 Å². The molecule has 0 atom stereocenters. The van der Waals surface area contributed by atoms with Gasteiger partial charge in [0.1, 0.15) is 6.61 Å². The molecule has 0 saturated heterocycles. The number of nitrogens with one attached hydrogen (secondary N) is 1. The predicted molar refractivity (Wildman–Crippen MR) is 125 cm³/mol. The SMILES string of the molecule is O=C(NCCC=Cc1cc(F)c([N+](=O)[O-])cc1Cl)OCC1c2ccccc2-c2ccccc21. The predicted octanol–water partition coefficient (Wildman–Crippen LogP) is 6.33. The molecule has 1 aliphatic carbocycles. The van der Waals surface area contributed by atoms with Crippen LogP contribution in [-0.2, 0) is 4.74 Å². The van der Waals surface area contributed by atoms with Gasteiger partial charge in [-0.15, -0.1) is 0 Å². The van der Waals surface area contributed by atoms with E-state index in [9.17, 15) is 19.3 Å². The Morgan fingerprint density at radius 2 is 1.76 bits per heavy atom. The fourth-order valence-electron chi connectivity index (χ4n) is 3.94. The summed E-state index contributed by atoms with van der Waals surface area (Å²) in [5.41, 5.74) is 4.25. The molecule has 0 unspecified atom stereocenters. The standard InChI is InChI=1S/C25H20ClFN2O4/c26-22-14-24(29(31)32)23(27)13-16(22)7-5-6-12-28-25(30)33-15-21-19-10-3-1-8-17(19)18-9-2-4-11-20(18)21/h1-5,7-11,13-14,21H,6,12,15H2,(H,28,30). The molecule has 6 nitrogen and oxygen atoms in total. The third kappa shape index (κ3) is 4.88. The van der Waals surface area contributed by atoms with Crippen LogP contribution in [0.15, 0.2) is 66.7 Å². The molecule has 0 heterocycles. The summed E-state index contributed by atoms with van der Waals surface area (Å²) in [6.45, 7) is 0.535. The van der Waals surface area contributed by atoms with Crippen molar-refractivity contribution in [1.29, 1.82) is 0 Å². The number of rotatable bonds is 7. The third-order valence-electron chi connectivity index (χ3n) is 5.48. The number of carbonyl (C=O) groups is 1. The molecule has 0 radical (unpaired) electrons. The van der Waals surface area contributed by atoms with Crippen molar-refractivity contribution in [3.05, 3.63) is 104 Å². The number of halogens is 2. The number of fused-ring (bicyclic) bond motifs is 3. The molecule has 3 aromatic carbocycles. The number of hydrogen-bond acceptors (Lipinski definition) is 4. The van der Waals surface area contributed by atoms with Crippen molar-refractivity contribution in [2.45, 2.75) is 12.3 Å². The molecule has 1 amide bonds. The topological polar surface area (TPSA) is 81.5 Å². The Bertz CT molecular complexity index is 1200. The lowest BCUT2D eigenvalue weighted by molar-refractivity contribution is -0.387. The van der Waals surface area contributed by atoms with Gasteiger partial charge in [-0.25, -0.2) is 4.79 Å². The third-order valence-corrected chi connectivity index (χ3v) is 5.81. The average molecular weight is 467 g/mol. The Morgan fingerprint density at radius 3 is 2.39 bits per heavy atom. The van der Waals surface area contributed by atoms with Crippen molar-refractivity contribution >= 4 is 29.5 Å². The van der Waals surface area contributed by atoms with Crippen molar-refractivity contribution < 1.29 is 18.8 Å². The highest BCUT2D eigenvalue weighted by Crippen LogP contribution is 2.44. The van der Waals surface area contributed by atoms with Crippen molar-refractivity contribution in [3.63, 3.8) is 0 Å². The van der Waals surface area contributed by atoms with Crippen LogP contribution in [0.3, 0.4) is 0 Å². The highest BCUT2D eigenvalue weighted by Gasteiger charge is 2.28. The van der Waals surface area contributed by atoms with E-state index in [1.165, 1.54) is 0 Å². The molecule has 0 fully saturated rings. The first-order valence-electron chi connectivity index (χ1n) is 10.3. The Balaban J connectivity index is 1.28. The summed E-state index contributed by atoms with van der Waals surface area (Å²) in [7, 11) is 0. The molecule has 168 valence electrons. The normalized spacial score (nSPS) is 12.4. The summed E-state index contributed by atoms with van der Waals surface area (Å²) in [6.07, 6.45) is 3.16. The molecular weight excluding hydrogens is 447 g/mol. The second-order valence-corrected chi connectivity index (χ2v) is 7.93. The van der Waals surface area contributed by atoms with E-state index in [2.05, 4.69) is 29.6 Å². The Kier molecular flexibility index (Phi) is 6.70. The largest absolute Gasteiger partial charge is 0.449 e. The lowest BCUT2D eigenvalue weighted by Gasteiger charge is -2.14. The molecule has 1 N–H and O–H groups in total. The highest BCUT2D eigenvalue weighted by atomic mass is 35.5. The van der Waals surface area contributed by atoms with Crippen molar-refractivity contribution in [2.24, 2.45) is 0 Å². The van der Waals surface area contributed by atoms with Gasteiger partial charge in [-0.05, 0) is 40.3 Å². The van der Waals surface area contributed by atoms with Gasteiger partial charge < -0.3 is 10.1 Å². The van der Waals surface area contributed by atoms with Gasteiger partial charge in [0.15, 0.2) is 0 Å². The number of nitrogens with zero attached hydrogens (tertiary/aromatic N) is 1. The summed E-state index contributed by atoms with van der Waals surface area (Å²) < 4.78 is 19.2. The monoisotopic (exact) mass is 466 g/mol. The molecule has 8 heteroatoms. The minimum absolute atomic E-state index is 0.0118. The van der Waals surface area contributed by atoms with Crippen LogP contribution < -0.4 is 5.32 Å². The van der Waals surface area contributed by atoms with Gasteiger partial charge in [-0.3, -0.25) is 10.1 Å². The van der Waals surface area contributed by atoms with Crippen LogP contribution in [0, 0.1) is 15.9 Å². The smallest absolute Gasteiger partial charge is 0.407 e. The van der Waals surface area contributed by atoms with E-state index < -0.39 is 22.5 Å². The highest BCUT2D eigenvalue weighted by molar-refractivity contribution is 6.32. The van der Waals surface area contributed by atoms with E-state index in [1.807, 2.05) is 24.3 Å². The minimum atomic E-state index is -0.958. The van der Waals surface area contributed by atoms with E-state index in [0.29, 0.717) is 18.5 Å². The Morgan fingerprint density at radius 1 is 1.12 bits per heavy atom. The second kappa shape index (κ2) is 9.83. The molecule has 0 saturated carbocycles. The lowest BCUT2D eigenvalue weighted by Crippen LogP contribution is -2.26. The zero-order chi connectivity index (χ0) is 23.4. The molecule has 33 heavy (non-hydrogen) atoms. The molecule has 1 aliphatic rings. The van der Waals surface area contributed by atoms with Crippen LogP contribution in [0.2, 0.25) is 5.02 Å². The van der Waals surface area contributed by atoms with Crippen LogP contribution in [0.5, 0.6) is 0 Å². The van der Waals surface area contributed by atoms with Crippen LogP contribution in [-0.4, -0.2) is 24.2 Å². The first-order chi connectivity index (χ1) is 16.0. The second-order valence-electron chi connectivity index (χ2n) is 7.53. The van der Waals surface area contributed by atoms with Gasteiger partial charge in [0.05, 0.1) is 9.95 Å². The minimum Gasteiger partial charge on any atom is -0.449 e. The number of carbonyl (C=O) groups excluding carboxylic acids is 1. The molecule has 4 rings (SSSR count). The van der Waals surface area contributed by atoms with E-state index >= 15 is 0 Å². The van der Waals surface area contributed by atoms with Crippen LogP contribution in [0.25, 0.3) is 17.2 Å². The van der Waals surface area contributed by atoms with Crippen LogP contribution >= 0.6 is 11.6 Å². The molecule has 0 aromatic heterocycles. The Labute approximate surface area is 194 Å². The van der Waals surface area contributed by atoms with E-state index in [1.54, 1.807) is 12.2 Å². The average Bonchev–Trinajstić information content (AvgIpc) is 3.13. The summed E-state index contributed by atoms with van der Waals surface area (Å²) in [5, 5.41) is 13.5. The molecule has 0 spiro atoms. The van der Waals surface area contributed by atoms with Crippen LogP contribution in [0.4, 0.5) is 14.9 Å². The van der Waals surface area contributed by atoms with Gasteiger partial charge in [-0.1, -0.05) is 72.3 Å². The van der Waals surface area contributed by atoms with Crippen molar-refractivity contribution in [1.82, 2.24) is 5.32 Å². The van der Waals surface area contributed by atoms with E-state index in [0.717, 1.165) is 34.4 Å². The van der Waals surface area contributed by atoms with Gasteiger partial charge in [0.25, 0.3) is 0 Å². The fraction of sp³-hybridized carbons (Fsp3) is 0.160. The number of nitro groups is 1. The van der Waals surface area contributed by atoms with Crippen molar-refractivity contribution in [2.75, 3.05) is 13.2 Å². The summed E-state index contributed by atoms with van der Waals surface area (Å²) >= 11 is 5.97. The number of amides is 1. The quantitative estimate of drug-likeness (QED) is 0.250. The molecule has 0 aliphatic heterocycles. The maximum atomic E-state index is 13.8. The number of nitro benzene ring substituents is 1. The lowest BCUT2D eigenvalue weighted by atomic mass is 9.98. The van der Waals surface area contributed by atoms with Gasteiger partial charge in [-0.2, -0.15) is 4.39 Å². The molecule has 3 aromatic rings. The summed E-state index contributed by atoms with van der Waals surface area (Å²) in [4.78, 5) is 22.1. The number of benzene rings is 3. The maximum Gasteiger partial charge on any atom is 0.407 e. The fourth-order valence-corrected chi connectivity index (χ4v) is 4.16. The zero-order valence-corrected chi connectivity index (χ0v) is 18.2. The number of alkyl carbamates (subject to hydrolysis) is 1.